The largest absolute Gasteiger partial charge is 0.491 e. The SMILES string of the molecule is CC(=O)CCCCCCCCCCCN1CCN(CC#Cc2ccc(OCCCc3sc(N4CCCc5c4nnc(Nc4nc6ccccc6s4)c5C)nc3C(=O)O)c(F)c2)CC1. The van der Waals surface area contributed by atoms with Crippen molar-refractivity contribution in [1.82, 2.24) is 30.0 Å². The maximum atomic E-state index is 15.1. The van der Waals surface area contributed by atoms with E-state index in [1.165, 1.54) is 68.8 Å². The van der Waals surface area contributed by atoms with Gasteiger partial charge in [0.05, 0.1) is 23.4 Å². The molecule has 0 atom stereocenters. The molecule has 1 fully saturated rings. The van der Waals surface area contributed by atoms with Crippen molar-refractivity contribution in [2.75, 3.05) is 62.6 Å². The van der Waals surface area contributed by atoms with Crippen molar-refractivity contribution in [3.8, 4) is 17.6 Å². The third kappa shape index (κ3) is 13.0. The molecule has 5 aromatic rings. The number of carboxylic acids is 1. The molecule has 7 rings (SSSR count). The van der Waals surface area contributed by atoms with Gasteiger partial charge in [-0.05, 0) is 89.2 Å². The van der Waals surface area contributed by atoms with Gasteiger partial charge >= 0.3 is 5.97 Å². The van der Waals surface area contributed by atoms with Crippen LogP contribution in [0.5, 0.6) is 5.75 Å². The molecule has 0 spiro atoms. The highest BCUT2D eigenvalue weighted by Crippen LogP contribution is 2.39. The zero-order valence-corrected chi connectivity index (χ0v) is 38.2. The third-order valence-corrected chi connectivity index (χ3v) is 13.9. The second kappa shape index (κ2) is 23.1. The summed E-state index contributed by atoms with van der Waals surface area (Å²) < 4.78 is 22.0. The van der Waals surface area contributed by atoms with Crippen LogP contribution in [0.2, 0.25) is 0 Å². The van der Waals surface area contributed by atoms with Crippen molar-refractivity contribution < 1.29 is 23.8 Å². The van der Waals surface area contributed by atoms with Gasteiger partial charge in [0.25, 0.3) is 0 Å². The van der Waals surface area contributed by atoms with Gasteiger partial charge in [-0.3, -0.25) is 4.90 Å². The molecule has 2 N–H and O–H groups in total. The summed E-state index contributed by atoms with van der Waals surface area (Å²) in [7, 11) is 0. The van der Waals surface area contributed by atoms with Crippen LogP contribution in [0, 0.1) is 24.6 Å². The van der Waals surface area contributed by atoms with Gasteiger partial charge in [0, 0.05) is 60.7 Å². The normalized spacial score (nSPS) is 14.4. The lowest BCUT2D eigenvalue weighted by atomic mass is 10.0. The number of unbranched alkanes of at least 4 members (excludes halogenated alkanes) is 8. The number of halogens is 1. The van der Waals surface area contributed by atoms with Crippen molar-refractivity contribution >= 4 is 66.5 Å². The molecule has 334 valence electrons. The molecule has 3 aromatic heterocycles. The number of rotatable bonds is 22. The van der Waals surface area contributed by atoms with Crippen LogP contribution >= 0.6 is 22.7 Å². The Morgan fingerprint density at radius 2 is 1.63 bits per heavy atom. The highest BCUT2D eigenvalue weighted by molar-refractivity contribution is 7.22. The van der Waals surface area contributed by atoms with Gasteiger partial charge in [0.15, 0.2) is 39.2 Å². The summed E-state index contributed by atoms with van der Waals surface area (Å²) in [6.07, 6.45) is 14.5. The number of hydrogen-bond donors (Lipinski definition) is 2. The van der Waals surface area contributed by atoms with Crippen LogP contribution in [0.15, 0.2) is 42.5 Å². The molecule has 2 aliphatic rings. The maximum Gasteiger partial charge on any atom is 0.355 e. The molecule has 1 saturated heterocycles. The van der Waals surface area contributed by atoms with E-state index in [1.807, 2.05) is 36.1 Å². The molecule has 0 bridgehead atoms. The third-order valence-electron chi connectivity index (χ3n) is 11.8. The number of para-hydroxylation sites is 1. The van der Waals surface area contributed by atoms with Gasteiger partial charge in [0.1, 0.15) is 5.78 Å². The summed E-state index contributed by atoms with van der Waals surface area (Å²) in [5.74, 6) is 6.57. The first-order valence-corrected chi connectivity index (χ1v) is 24.2. The summed E-state index contributed by atoms with van der Waals surface area (Å²) >= 11 is 2.89. The topological polar surface area (TPSA) is 137 Å². The number of hydrogen-bond acceptors (Lipinski definition) is 13. The Bertz CT molecular complexity index is 2350. The van der Waals surface area contributed by atoms with Crippen LogP contribution in [0.3, 0.4) is 0 Å². The van der Waals surface area contributed by atoms with E-state index in [-0.39, 0.29) is 18.1 Å². The Hall–Kier alpha value is -5.01. The fourth-order valence-electron chi connectivity index (χ4n) is 8.18. The van der Waals surface area contributed by atoms with Crippen LogP contribution in [0.4, 0.5) is 26.3 Å². The smallest absolute Gasteiger partial charge is 0.355 e. The Kier molecular flexibility index (Phi) is 16.8. The first kappa shape index (κ1) is 46.0. The van der Waals surface area contributed by atoms with E-state index in [2.05, 4.69) is 47.1 Å². The van der Waals surface area contributed by atoms with E-state index in [9.17, 15) is 14.7 Å². The lowest BCUT2D eigenvalue weighted by molar-refractivity contribution is -0.117. The van der Waals surface area contributed by atoms with Gasteiger partial charge in [-0.2, -0.15) is 0 Å². The van der Waals surface area contributed by atoms with Gasteiger partial charge < -0.3 is 29.8 Å². The number of aromatic carboxylic acids is 1. The highest BCUT2D eigenvalue weighted by atomic mass is 32.1. The standard InChI is InChI=1S/C48H59FN8O4S2/c1-34(58)17-10-8-6-4-3-5-7-9-13-25-55-28-30-56(31-29-55)26-14-18-36-23-24-40(38(49)33-36)61-32-16-22-42-43(46(59)60)51-48(63-42)57-27-15-19-37-35(2)44(53-54-45(37)57)52-47-50-39-20-11-12-21-41(39)62-47/h11-12,20-21,23-24,33H,3-10,13,15-17,19,22,25-32H2,1-2H3,(H,59,60)(H,50,52,53). The van der Waals surface area contributed by atoms with Gasteiger partial charge in [0.2, 0.25) is 0 Å². The number of Topliss-reactive ketones (excluding diaryl/α,β-unsaturated/α-hetero) is 1. The molecule has 0 aliphatic carbocycles. The molecule has 0 saturated carbocycles. The first-order valence-electron chi connectivity index (χ1n) is 22.6. The summed E-state index contributed by atoms with van der Waals surface area (Å²) in [5, 5.41) is 23.8. The fourth-order valence-corrected chi connectivity index (χ4v) is 10.2. The number of aryl methyl sites for hydroxylation is 1. The number of benzene rings is 2. The predicted octanol–water partition coefficient (Wildman–Crippen LogP) is 9.99. The Labute approximate surface area is 378 Å². The second-order valence-corrected chi connectivity index (χ2v) is 18.7. The summed E-state index contributed by atoms with van der Waals surface area (Å²) in [6.45, 7) is 10.5. The number of nitrogens with one attached hydrogen (secondary N) is 1. The molecular weight excluding hydrogens is 836 g/mol. The molecule has 0 unspecified atom stereocenters. The fraction of sp³-hybridized carbons (Fsp3) is 0.500. The van der Waals surface area contributed by atoms with Gasteiger partial charge in [-0.1, -0.05) is 80.3 Å². The van der Waals surface area contributed by atoms with E-state index in [4.69, 9.17) is 4.74 Å². The summed E-state index contributed by atoms with van der Waals surface area (Å²) in [6, 6.07) is 12.8. The minimum Gasteiger partial charge on any atom is -0.491 e. The number of fused-ring (bicyclic) bond motifs is 2. The van der Waals surface area contributed by atoms with Crippen LogP contribution in [-0.2, 0) is 17.6 Å². The molecule has 0 radical (unpaired) electrons. The second-order valence-electron chi connectivity index (χ2n) is 16.6. The molecule has 2 aromatic carbocycles. The van der Waals surface area contributed by atoms with Crippen LogP contribution in [-0.4, -0.2) is 99.2 Å². The number of carboxylic acid groups (broad SMARTS) is 1. The Balaban J connectivity index is 0.821. The number of ketones is 1. The average Bonchev–Trinajstić information content (AvgIpc) is 3.90. The van der Waals surface area contributed by atoms with Crippen LogP contribution < -0.4 is 15.0 Å². The lowest BCUT2D eigenvalue weighted by Crippen LogP contribution is -2.46. The number of ether oxygens (including phenoxy) is 1. The summed E-state index contributed by atoms with van der Waals surface area (Å²) in [5.41, 5.74) is 3.56. The van der Waals surface area contributed by atoms with E-state index in [0.29, 0.717) is 58.9 Å². The van der Waals surface area contributed by atoms with E-state index in [1.54, 1.807) is 30.4 Å². The molecular formula is C48H59FN8O4S2. The Morgan fingerprint density at radius 1 is 0.889 bits per heavy atom. The van der Waals surface area contributed by atoms with Crippen molar-refractivity contribution in [2.24, 2.45) is 0 Å². The highest BCUT2D eigenvalue weighted by Gasteiger charge is 2.28. The quantitative estimate of drug-likeness (QED) is 0.0506. The number of aromatic nitrogens is 4. The van der Waals surface area contributed by atoms with Crippen LogP contribution in [0.25, 0.3) is 10.2 Å². The average molecular weight is 895 g/mol. The summed E-state index contributed by atoms with van der Waals surface area (Å²) in [4.78, 5) is 40.1. The number of thiazole rings is 2. The lowest BCUT2D eigenvalue weighted by Gasteiger charge is -2.33. The molecule has 2 aliphatic heterocycles. The van der Waals surface area contributed by atoms with Crippen LogP contribution in [0.1, 0.15) is 116 Å². The van der Waals surface area contributed by atoms with Crippen molar-refractivity contribution in [3.05, 3.63) is 75.5 Å². The van der Waals surface area contributed by atoms with E-state index < -0.39 is 11.8 Å². The number of anilines is 4. The zero-order chi connectivity index (χ0) is 44.0. The number of carbonyl (C=O) groups is 2. The monoisotopic (exact) mass is 894 g/mol. The van der Waals surface area contributed by atoms with Gasteiger partial charge in [-0.25, -0.2) is 19.2 Å². The molecule has 63 heavy (non-hydrogen) atoms. The molecule has 15 heteroatoms. The van der Waals surface area contributed by atoms with Crippen molar-refractivity contribution in [2.45, 2.75) is 104 Å². The minimum absolute atomic E-state index is 0.0138. The number of piperazine rings is 1. The van der Waals surface area contributed by atoms with E-state index >= 15 is 4.39 Å². The minimum atomic E-state index is -1.09. The van der Waals surface area contributed by atoms with E-state index in [0.717, 1.165) is 84.9 Å². The van der Waals surface area contributed by atoms with Crippen molar-refractivity contribution in [3.63, 3.8) is 0 Å². The molecule has 5 heterocycles. The van der Waals surface area contributed by atoms with Crippen molar-refractivity contribution in [1.29, 1.82) is 0 Å². The molecule has 12 nitrogen and oxygen atoms in total. The predicted molar refractivity (Wildman–Crippen MR) is 251 cm³/mol. The maximum absolute atomic E-state index is 15.1. The number of carbonyl (C=O) groups excluding carboxylic acids is 1. The Morgan fingerprint density at radius 3 is 2.38 bits per heavy atom. The first-order chi connectivity index (χ1) is 30.7. The molecule has 0 amide bonds. The van der Waals surface area contributed by atoms with Gasteiger partial charge in [-0.15, -0.1) is 21.5 Å². The number of nitrogens with zero attached hydrogens (tertiary/aromatic N) is 7. The zero-order valence-electron chi connectivity index (χ0n) is 36.6.